The molecule has 33 heavy (non-hydrogen) atoms. The summed E-state index contributed by atoms with van der Waals surface area (Å²) in [4.78, 5) is 26.2. The van der Waals surface area contributed by atoms with E-state index in [0.29, 0.717) is 42.3 Å². The molecule has 2 aromatic carbocycles. The number of hydrogen-bond donors (Lipinski definition) is 2. The third-order valence-corrected chi connectivity index (χ3v) is 6.94. The highest BCUT2D eigenvalue weighted by Gasteiger charge is 2.42. The summed E-state index contributed by atoms with van der Waals surface area (Å²) in [5.74, 6) is 2.14. The number of nitrogens with one attached hydrogen (secondary N) is 2. The molecule has 1 heterocycles. The molecule has 0 bridgehead atoms. The Kier molecular flexibility index (Phi) is 7.28. The molecule has 2 aliphatic rings. The van der Waals surface area contributed by atoms with Crippen molar-refractivity contribution in [1.82, 2.24) is 10.2 Å². The van der Waals surface area contributed by atoms with Crippen molar-refractivity contribution >= 4 is 17.5 Å². The molecule has 1 saturated heterocycles. The quantitative estimate of drug-likeness (QED) is 0.641. The monoisotopic (exact) mass is 453 g/mol. The third-order valence-electron chi connectivity index (χ3n) is 6.94. The second kappa shape index (κ2) is 10.3. The van der Waals surface area contributed by atoms with E-state index in [0.717, 1.165) is 25.1 Å². The van der Waals surface area contributed by atoms with E-state index in [1.165, 1.54) is 37.5 Å². The molecule has 4 rings (SSSR count). The molecular formula is C26H32FN3O3. The van der Waals surface area contributed by atoms with E-state index in [2.05, 4.69) is 15.5 Å². The van der Waals surface area contributed by atoms with Gasteiger partial charge in [-0.2, -0.15) is 0 Å². The first-order valence-corrected chi connectivity index (χ1v) is 11.6. The fraction of sp³-hybridized carbons (Fsp3) is 0.462. The summed E-state index contributed by atoms with van der Waals surface area (Å²) in [5, 5.41) is 5.75. The molecule has 0 aromatic heterocycles. The number of anilines is 1. The second-order valence-corrected chi connectivity index (χ2v) is 9.27. The van der Waals surface area contributed by atoms with Gasteiger partial charge in [-0.3, -0.25) is 14.5 Å². The largest absolute Gasteiger partial charge is 0.496 e. The topological polar surface area (TPSA) is 70.7 Å². The Balaban J connectivity index is 1.28. The van der Waals surface area contributed by atoms with Gasteiger partial charge >= 0.3 is 0 Å². The normalized spacial score (nSPS) is 22.1. The summed E-state index contributed by atoms with van der Waals surface area (Å²) in [6.07, 6.45) is 3.38. The van der Waals surface area contributed by atoms with Crippen LogP contribution in [0.25, 0.3) is 0 Å². The van der Waals surface area contributed by atoms with Gasteiger partial charge in [0.2, 0.25) is 11.8 Å². The number of likely N-dealkylation sites (tertiary alicyclic amines) is 1. The molecular weight excluding hydrogens is 421 g/mol. The average Bonchev–Trinajstić information content (AvgIpc) is 3.34. The van der Waals surface area contributed by atoms with Crippen LogP contribution in [0.15, 0.2) is 42.5 Å². The fourth-order valence-electron chi connectivity index (χ4n) is 5.43. The van der Waals surface area contributed by atoms with Crippen molar-refractivity contribution in [2.75, 3.05) is 32.1 Å². The number of halogens is 1. The Labute approximate surface area is 194 Å². The van der Waals surface area contributed by atoms with Crippen LogP contribution in [0.2, 0.25) is 0 Å². The van der Waals surface area contributed by atoms with Crippen LogP contribution in [0.1, 0.15) is 30.9 Å². The molecule has 1 saturated carbocycles. The Morgan fingerprint density at radius 2 is 1.91 bits per heavy atom. The molecule has 6 nitrogen and oxygen atoms in total. The number of ether oxygens (including phenoxy) is 1. The van der Waals surface area contributed by atoms with E-state index in [1.807, 2.05) is 18.2 Å². The summed E-state index contributed by atoms with van der Waals surface area (Å²) in [6.45, 7) is 4.07. The predicted molar refractivity (Wildman–Crippen MR) is 125 cm³/mol. The predicted octanol–water partition coefficient (Wildman–Crippen LogP) is 3.61. The Hall–Kier alpha value is -2.93. The number of methoxy groups -OCH3 is 1. The van der Waals surface area contributed by atoms with Crippen LogP contribution in [-0.4, -0.2) is 43.5 Å². The lowest BCUT2D eigenvalue weighted by Crippen LogP contribution is -2.36. The Morgan fingerprint density at radius 3 is 2.64 bits per heavy atom. The van der Waals surface area contributed by atoms with Crippen LogP contribution in [0.4, 0.5) is 10.1 Å². The van der Waals surface area contributed by atoms with Crippen molar-refractivity contribution in [3.8, 4) is 5.75 Å². The van der Waals surface area contributed by atoms with Crippen molar-refractivity contribution in [3.05, 3.63) is 59.4 Å². The van der Waals surface area contributed by atoms with Crippen LogP contribution in [0.5, 0.6) is 5.75 Å². The highest BCUT2D eigenvalue weighted by Crippen LogP contribution is 2.43. The Morgan fingerprint density at radius 1 is 1.12 bits per heavy atom. The molecule has 0 radical (unpaired) electrons. The van der Waals surface area contributed by atoms with Crippen molar-refractivity contribution in [2.24, 2.45) is 17.8 Å². The van der Waals surface area contributed by atoms with Crippen molar-refractivity contribution in [1.29, 1.82) is 0 Å². The van der Waals surface area contributed by atoms with E-state index in [4.69, 9.17) is 4.74 Å². The minimum absolute atomic E-state index is 0.0166. The van der Waals surface area contributed by atoms with Crippen LogP contribution in [0, 0.1) is 23.6 Å². The molecule has 1 aliphatic carbocycles. The highest BCUT2D eigenvalue weighted by molar-refractivity contribution is 5.88. The number of benzene rings is 2. The van der Waals surface area contributed by atoms with Gasteiger partial charge in [-0.25, -0.2) is 4.39 Å². The zero-order valence-corrected chi connectivity index (χ0v) is 19.3. The first-order valence-electron chi connectivity index (χ1n) is 11.6. The molecule has 0 unspecified atom stereocenters. The molecule has 2 aromatic rings. The first kappa shape index (κ1) is 23.2. The van der Waals surface area contributed by atoms with Gasteiger partial charge in [0, 0.05) is 37.8 Å². The summed E-state index contributed by atoms with van der Waals surface area (Å²) >= 11 is 0. The Bertz CT molecular complexity index is 995. The summed E-state index contributed by atoms with van der Waals surface area (Å²) in [7, 11) is 1.59. The van der Waals surface area contributed by atoms with Crippen molar-refractivity contribution < 1.29 is 18.7 Å². The molecule has 2 amide bonds. The van der Waals surface area contributed by atoms with Gasteiger partial charge in [-0.1, -0.05) is 12.1 Å². The zero-order valence-electron chi connectivity index (χ0n) is 19.3. The number of amides is 2. The van der Waals surface area contributed by atoms with Gasteiger partial charge in [-0.15, -0.1) is 0 Å². The second-order valence-electron chi connectivity index (χ2n) is 9.27. The number of nitrogens with zero attached hydrogens (tertiary/aromatic N) is 1. The van der Waals surface area contributed by atoms with Crippen molar-refractivity contribution in [3.63, 3.8) is 0 Å². The van der Waals surface area contributed by atoms with E-state index in [1.54, 1.807) is 19.2 Å². The molecule has 2 fully saturated rings. The number of hydrogen-bond acceptors (Lipinski definition) is 4. The third kappa shape index (κ3) is 5.90. The van der Waals surface area contributed by atoms with Gasteiger partial charge in [-0.05, 0) is 72.9 Å². The lowest BCUT2D eigenvalue weighted by Gasteiger charge is -2.21. The smallest absolute Gasteiger partial charge is 0.234 e. The van der Waals surface area contributed by atoms with E-state index >= 15 is 0 Å². The van der Waals surface area contributed by atoms with Gasteiger partial charge in [0.25, 0.3) is 0 Å². The minimum Gasteiger partial charge on any atom is -0.496 e. The summed E-state index contributed by atoms with van der Waals surface area (Å²) in [6, 6.07) is 12.2. The summed E-state index contributed by atoms with van der Waals surface area (Å²) < 4.78 is 18.6. The number of rotatable bonds is 8. The molecule has 3 atom stereocenters. The minimum atomic E-state index is -0.194. The average molecular weight is 454 g/mol. The standard InChI is InChI=1S/C26H32FN3O3/c1-17(31)29-23-9-10-25(33-2)21(12-23)13-28-26(32)16-30-14-20-6-5-19(24(20)15-30)11-18-3-7-22(27)8-4-18/h3-4,7-10,12,19-20,24H,5-6,11,13-16H2,1-2H3,(H,28,32)(H,29,31)/t19-,20-,24-/m1/s1. The molecule has 0 spiro atoms. The first-order chi connectivity index (χ1) is 15.9. The number of carbonyl (C=O) groups excluding carboxylic acids is 2. The number of carbonyl (C=O) groups is 2. The maximum absolute atomic E-state index is 13.2. The highest BCUT2D eigenvalue weighted by atomic mass is 19.1. The molecule has 7 heteroatoms. The van der Waals surface area contributed by atoms with Gasteiger partial charge in [0.1, 0.15) is 11.6 Å². The lowest BCUT2D eigenvalue weighted by atomic mass is 9.87. The van der Waals surface area contributed by atoms with Crippen LogP contribution in [0.3, 0.4) is 0 Å². The molecule has 1 aliphatic heterocycles. The maximum Gasteiger partial charge on any atom is 0.234 e. The fourth-order valence-corrected chi connectivity index (χ4v) is 5.43. The SMILES string of the molecule is COc1ccc(NC(C)=O)cc1CNC(=O)CN1C[C@H]2CC[C@H](Cc3ccc(F)cc3)[C@H]2C1. The maximum atomic E-state index is 13.2. The van der Waals surface area contributed by atoms with Crippen molar-refractivity contribution in [2.45, 2.75) is 32.7 Å². The van der Waals surface area contributed by atoms with Gasteiger partial charge in [0.05, 0.1) is 13.7 Å². The molecule has 2 N–H and O–H groups in total. The van der Waals surface area contributed by atoms with Gasteiger partial charge < -0.3 is 15.4 Å². The van der Waals surface area contributed by atoms with E-state index < -0.39 is 0 Å². The van der Waals surface area contributed by atoms with Crippen LogP contribution in [-0.2, 0) is 22.6 Å². The van der Waals surface area contributed by atoms with E-state index in [9.17, 15) is 14.0 Å². The zero-order chi connectivity index (χ0) is 23.4. The van der Waals surface area contributed by atoms with E-state index in [-0.39, 0.29) is 17.6 Å². The van der Waals surface area contributed by atoms with Crippen LogP contribution >= 0.6 is 0 Å². The van der Waals surface area contributed by atoms with Gasteiger partial charge in [0.15, 0.2) is 0 Å². The summed E-state index contributed by atoms with van der Waals surface area (Å²) in [5.41, 5.74) is 2.68. The van der Waals surface area contributed by atoms with Crippen LogP contribution < -0.4 is 15.4 Å². The molecule has 176 valence electrons. The number of fused-ring (bicyclic) bond motifs is 1. The lowest BCUT2D eigenvalue weighted by molar-refractivity contribution is -0.122.